The average molecular weight is 672 g/mol. The predicted octanol–water partition coefficient (Wildman–Crippen LogP) is 12.5. The van der Waals surface area contributed by atoms with Gasteiger partial charge in [-0.15, -0.1) is 0 Å². The highest BCUT2D eigenvalue weighted by molar-refractivity contribution is 6.10. The van der Waals surface area contributed by atoms with Gasteiger partial charge in [-0.05, 0) is 113 Å². The van der Waals surface area contributed by atoms with Crippen molar-refractivity contribution in [3.8, 4) is 39.6 Å². The second-order valence-electron chi connectivity index (χ2n) is 14.6. The zero-order valence-corrected chi connectivity index (χ0v) is 28.6. The van der Waals surface area contributed by atoms with Gasteiger partial charge in [-0.3, -0.25) is 0 Å². The van der Waals surface area contributed by atoms with Crippen molar-refractivity contribution < 1.29 is 8.83 Å². The van der Waals surface area contributed by atoms with Crippen molar-refractivity contribution in [1.82, 2.24) is 9.97 Å². The maximum Gasteiger partial charge on any atom is 0.180 e. The highest BCUT2D eigenvalue weighted by Crippen LogP contribution is 2.56. The van der Waals surface area contributed by atoms with Crippen molar-refractivity contribution in [3.05, 3.63) is 138 Å². The molecule has 0 atom stereocenters. The summed E-state index contributed by atoms with van der Waals surface area (Å²) in [5, 5.41) is 12.5. The molecule has 8 aromatic rings. The summed E-state index contributed by atoms with van der Waals surface area (Å²) >= 11 is 0. The normalized spacial score (nSPS) is 16.3. The number of para-hydroxylation sites is 1. The van der Waals surface area contributed by atoms with E-state index in [9.17, 15) is 5.26 Å². The van der Waals surface area contributed by atoms with Crippen LogP contribution in [-0.2, 0) is 5.41 Å². The molecule has 3 aromatic heterocycles. The van der Waals surface area contributed by atoms with Crippen LogP contribution < -0.4 is 0 Å². The topological polar surface area (TPSA) is 75.8 Å². The Bertz CT molecular complexity index is 2910. The minimum atomic E-state index is 0.124. The fourth-order valence-corrected chi connectivity index (χ4v) is 9.28. The lowest BCUT2D eigenvalue weighted by Gasteiger charge is -2.36. The van der Waals surface area contributed by atoms with Crippen LogP contribution in [0.3, 0.4) is 0 Å². The Hall–Kier alpha value is -6.25. The molecule has 3 aliphatic rings. The van der Waals surface area contributed by atoms with E-state index in [-0.39, 0.29) is 5.41 Å². The van der Waals surface area contributed by atoms with Crippen molar-refractivity contribution in [2.45, 2.75) is 50.4 Å². The van der Waals surface area contributed by atoms with Gasteiger partial charge in [-0.2, -0.15) is 5.26 Å². The molecule has 5 aromatic carbocycles. The third-order valence-corrected chi connectivity index (χ3v) is 11.9. The summed E-state index contributed by atoms with van der Waals surface area (Å²) in [5.41, 5.74) is 15.7. The van der Waals surface area contributed by atoms with Crippen molar-refractivity contribution in [3.63, 3.8) is 0 Å². The summed E-state index contributed by atoms with van der Waals surface area (Å²) in [6.07, 6.45) is 11.6. The highest BCUT2D eigenvalue weighted by Gasteiger charge is 2.43. The van der Waals surface area contributed by atoms with Gasteiger partial charge in [-0.1, -0.05) is 86.0 Å². The number of fused-ring (bicyclic) bond motifs is 11. The molecule has 0 unspecified atom stereocenters. The molecule has 1 fully saturated rings. The molecule has 248 valence electrons. The number of nitrogens with zero attached hydrogens (tertiary/aromatic N) is 3. The van der Waals surface area contributed by atoms with Crippen LogP contribution >= 0.6 is 0 Å². The summed E-state index contributed by atoms with van der Waals surface area (Å²) < 4.78 is 12.9. The first-order valence-electron chi connectivity index (χ1n) is 18.4. The van der Waals surface area contributed by atoms with E-state index in [0.717, 1.165) is 60.8 Å². The molecule has 0 radical (unpaired) electrons. The SMILES string of the molecule is N#CC1=CC=C(c2nc(-c3ccc4c(c3)oc3ccc(-c5ccc6c(c5)C5(CCCCC5)c5ccccc5-6)cc34)c3oc4ccccc4c3n2)CC1. The molecule has 0 saturated heterocycles. The van der Waals surface area contributed by atoms with E-state index in [4.69, 9.17) is 18.8 Å². The average Bonchev–Trinajstić information content (AvgIpc) is 3.85. The van der Waals surface area contributed by atoms with Crippen LogP contribution in [0.5, 0.6) is 0 Å². The van der Waals surface area contributed by atoms with E-state index in [1.165, 1.54) is 65.5 Å². The molecule has 5 heteroatoms. The Kier molecular flexibility index (Phi) is 6.31. The third kappa shape index (κ3) is 4.28. The summed E-state index contributed by atoms with van der Waals surface area (Å²) in [6.45, 7) is 0. The van der Waals surface area contributed by atoms with Gasteiger partial charge in [0.2, 0.25) is 0 Å². The van der Waals surface area contributed by atoms with Crippen LogP contribution in [-0.4, -0.2) is 9.97 Å². The molecular weight excluding hydrogens is 639 g/mol. The molecule has 52 heavy (non-hydrogen) atoms. The largest absolute Gasteiger partial charge is 0.456 e. The Morgan fingerprint density at radius 3 is 2.27 bits per heavy atom. The predicted molar refractivity (Wildman–Crippen MR) is 208 cm³/mol. The van der Waals surface area contributed by atoms with Gasteiger partial charge in [0.15, 0.2) is 11.4 Å². The number of nitriles is 1. The number of allylic oxidation sites excluding steroid dienone is 4. The van der Waals surface area contributed by atoms with Gasteiger partial charge in [0, 0.05) is 32.7 Å². The van der Waals surface area contributed by atoms with Crippen LogP contribution in [0.2, 0.25) is 0 Å². The summed E-state index contributed by atoms with van der Waals surface area (Å²) in [4.78, 5) is 10.1. The number of furan rings is 2. The van der Waals surface area contributed by atoms with Crippen molar-refractivity contribution >= 4 is 49.6 Å². The molecule has 0 bridgehead atoms. The van der Waals surface area contributed by atoms with Gasteiger partial charge in [0.1, 0.15) is 28.0 Å². The maximum absolute atomic E-state index is 9.40. The second-order valence-corrected chi connectivity index (χ2v) is 14.6. The minimum Gasteiger partial charge on any atom is -0.456 e. The third-order valence-electron chi connectivity index (χ3n) is 11.9. The van der Waals surface area contributed by atoms with Gasteiger partial charge in [0.25, 0.3) is 0 Å². The van der Waals surface area contributed by atoms with Crippen molar-refractivity contribution in [2.75, 3.05) is 0 Å². The molecule has 3 heterocycles. The highest BCUT2D eigenvalue weighted by atomic mass is 16.3. The molecule has 0 amide bonds. The van der Waals surface area contributed by atoms with E-state index < -0.39 is 0 Å². The standard InChI is InChI=1S/C47H33N3O2/c48-27-28-12-14-29(15-13-28)46-49-43(45-44(50-46)36-9-3-5-11-40(36)52-45)32-17-20-35-37-24-30(18-21-41(37)51-42(35)26-32)31-16-19-34-33-8-2-4-10-38(33)47(39(34)25-31)22-6-1-7-23-47/h2-5,8-12,14,16-21,24-26H,1,6-7,13,15,22-23H2. The van der Waals surface area contributed by atoms with Crippen molar-refractivity contribution in [1.29, 1.82) is 5.26 Å². The molecular formula is C47H33N3O2. The van der Waals surface area contributed by atoms with Crippen molar-refractivity contribution in [2.24, 2.45) is 0 Å². The zero-order chi connectivity index (χ0) is 34.4. The van der Waals surface area contributed by atoms with Gasteiger partial charge in [-0.25, -0.2) is 9.97 Å². The van der Waals surface area contributed by atoms with Crippen LogP contribution in [0, 0.1) is 11.3 Å². The summed E-state index contributed by atoms with van der Waals surface area (Å²) in [5.74, 6) is 0.657. The maximum atomic E-state index is 9.40. The smallest absolute Gasteiger partial charge is 0.180 e. The zero-order valence-electron chi connectivity index (χ0n) is 28.6. The Morgan fingerprint density at radius 1 is 0.596 bits per heavy atom. The van der Waals surface area contributed by atoms with Gasteiger partial charge >= 0.3 is 0 Å². The molecule has 3 aliphatic carbocycles. The fourth-order valence-electron chi connectivity index (χ4n) is 9.28. The molecule has 11 rings (SSSR count). The number of hydrogen-bond donors (Lipinski definition) is 0. The molecule has 1 saturated carbocycles. The number of aromatic nitrogens is 2. The minimum absolute atomic E-state index is 0.124. The quantitative estimate of drug-likeness (QED) is 0.187. The number of hydrogen-bond acceptors (Lipinski definition) is 5. The van der Waals surface area contributed by atoms with Crippen LogP contribution in [0.4, 0.5) is 0 Å². The number of rotatable bonds is 3. The molecule has 5 nitrogen and oxygen atoms in total. The summed E-state index contributed by atoms with van der Waals surface area (Å²) in [6, 6.07) is 39.4. The Morgan fingerprint density at radius 2 is 1.38 bits per heavy atom. The lowest BCUT2D eigenvalue weighted by atomic mass is 9.67. The van der Waals surface area contributed by atoms with Gasteiger partial charge in [0.05, 0.1) is 6.07 Å². The first kappa shape index (κ1) is 29.5. The monoisotopic (exact) mass is 671 g/mol. The van der Waals surface area contributed by atoms with E-state index in [2.05, 4.69) is 84.9 Å². The molecule has 0 aliphatic heterocycles. The Labute approximate surface area is 300 Å². The van der Waals surface area contributed by atoms with E-state index in [0.29, 0.717) is 24.2 Å². The molecule has 1 spiro atoms. The summed E-state index contributed by atoms with van der Waals surface area (Å²) in [7, 11) is 0. The molecule has 0 N–H and O–H groups in total. The lowest BCUT2D eigenvalue weighted by molar-refractivity contribution is 0.353. The Balaban J connectivity index is 1.03. The fraction of sp³-hybridized carbons (Fsp3) is 0.170. The van der Waals surface area contributed by atoms with E-state index in [1.807, 2.05) is 36.4 Å². The van der Waals surface area contributed by atoms with Crippen LogP contribution in [0.25, 0.3) is 83.1 Å². The van der Waals surface area contributed by atoms with Gasteiger partial charge < -0.3 is 8.83 Å². The van der Waals surface area contributed by atoms with E-state index in [1.54, 1.807) is 0 Å². The van der Waals surface area contributed by atoms with Crippen LogP contribution in [0.1, 0.15) is 61.9 Å². The lowest BCUT2D eigenvalue weighted by Crippen LogP contribution is -2.28. The first-order chi connectivity index (χ1) is 25.7. The first-order valence-corrected chi connectivity index (χ1v) is 18.4. The number of benzene rings is 5. The second kappa shape index (κ2) is 11.1. The van der Waals surface area contributed by atoms with Crippen LogP contribution in [0.15, 0.2) is 130 Å². The van der Waals surface area contributed by atoms with E-state index >= 15 is 0 Å².